The number of aromatic nitrogens is 1. The lowest BCUT2D eigenvalue weighted by Crippen LogP contribution is -1.92. The average molecular weight is 157 g/mol. The molecule has 1 aromatic heterocycles. The minimum Gasteiger partial charge on any atom is -0.481 e. The third-order valence-electron chi connectivity index (χ3n) is 1.16. The summed E-state index contributed by atoms with van der Waals surface area (Å²) >= 11 is 0. The Hall–Kier alpha value is -1.32. The molecular weight excluding hydrogens is 149 g/mol. The monoisotopic (exact) mass is 157 g/mol. The number of nitrogens with zero attached hydrogens (tertiary/aromatic N) is 1. The van der Waals surface area contributed by atoms with Crippen LogP contribution in [-0.4, -0.2) is 19.2 Å². The summed E-state index contributed by atoms with van der Waals surface area (Å²) in [5, 5.41) is 0. The quantitative estimate of drug-likeness (QED) is 0.647. The van der Waals surface area contributed by atoms with Crippen molar-refractivity contribution in [1.29, 1.82) is 0 Å². The van der Waals surface area contributed by atoms with E-state index in [-0.39, 0.29) is 11.8 Å². The Labute approximate surface area is 63.8 Å². The van der Waals surface area contributed by atoms with Crippen LogP contribution in [0.2, 0.25) is 0 Å². The Morgan fingerprint density at radius 2 is 1.64 bits per heavy atom. The largest absolute Gasteiger partial charge is 0.481 e. The maximum Gasteiger partial charge on any atom is 0.219 e. The highest BCUT2D eigenvalue weighted by atomic mass is 19.1. The fraction of sp³-hybridized carbons (Fsp3) is 0.286. The summed E-state index contributed by atoms with van der Waals surface area (Å²) in [6.07, 6.45) is 0. The van der Waals surface area contributed by atoms with Gasteiger partial charge in [0.1, 0.15) is 5.82 Å². The van der Waals surface area contributed by atoms with E-state index in [2.05, 4.69) is 4.98 Å². The highest BCUT2D eigenvalue weighted by Crippen LogP contribution is 2.15. The molecule has 0 amide bonds. The van der Waals surface area contributed by atoms with Crippen LogP contribution in [0.3, 0.4) is 0 Å². The Morgan fingerprint density at radius 1 is 1.18 bits per heavy atom. The second kappa shape index (κ2) is 3.18. The van der Waals surface area contributed by atoms with Gasteiger partial charge in [-0.1, -0.05) is 0 Å². The van der Waals surface area contributed by atoms with E-state index in [9.17, 15) is 4.39 Å². The van der Waals surface area contributed by atoms with E-state index in [1.807, 2.05) is 0 Å². The number of pyridine rings is 1. The zero-order chi connectivity index (χ0) is 8.27. The predicted octanol–water partition coefficient (Wildman–Crippen LogP) is 1.24. The molecule has 0 radical (unpaired) electrons. The van der Waals surface area contributed by atoms with Crippen LogP contribution in [0.25, 0.3) is 0 Å². The van der Waals surface area contributed by atoms with Crippen molar-refractivity contribution in [3.63, 3.8) is 0 Å². The molecule has 1 aromatic rings. The lowest BCUT2D eigenvalue weighted by molar-refractivity contribution is 0.359. The molecule has 4 heteroatoms. The molecule has 11 heavy (non-hydrogen) atoms. The highest BCUT2D eigenvalue weighted by molar-refractivity contribution is 5.21. The number of hydrogen-bond donors (Lipinski definition) is 0. The second-order valence-corrected chi connectivity index (χ2v) is 1.87. The van der Waals surface area contributed by atoms with E-state index in [0.29, 0.717) is 0 Å². The van der Waals surface area contributed by atoms with Crippen LogP contribution in [0.4, 0.5) is 4.39 Å². The molecular formula is C7H8FNO2. The number of ether oxygens (including phenoxy) is 2. The third kappa shape index (κ3) is 1.80. The lowest BCUT2D eigenvalue weighted by atomic mass is 10.4. The van der Waals surface area contributed by atoms with Gasteiger partial charge in [-0.05, 0) is 0 Å². The van der Waals surface area contributed by atoms with Gasteiger partial charge in [-0.2, -0.15) is 4.98 Å². The summed E-state index contributed by atoms with van der Waals surface area (Å²) in [6, 6.07) is 2.37. The highest BCUT2D eigenvalue weighted by Gasteiger charge is 2.00. The minimum atomic E-state index is -0.422. The van der Waals surface area contributed by atoms with Crippen LogP contribution in [0.5, 0.6) is 11.8 Å². The maximum atomic E-state index is 12.6. The lowest BCUT2D eigenvalue weighted by Gasteiger charge is -2.01. The standard InChI is InChI=1S/C7H8FNO2/c1-10-6-3-5(8)4-7(9-6)11-2/h3-4H,1-2H3. The Morgan fingerprint density at radius 3 is 2.00 bits per heavy atom. The van der Waals surface area contributed by atoms with Crippen LogP contribution in [0.15, 0.2) is 12.1 Å². The molecule has 1 rings (SSSR count). The number of halogens is 1. The fourth-order valence-corrected chi connectivity index (χ4v) is 0.660. The summed E-state index contributed by atoms with van der Waals surface area (Å²) in [5.74, 6) is -0.00241. The molecule has 1 heterocycles. The van der Waals surface area contributed by atoms with Crippen molar-refractivity contribution in [1.82, 2.24) is 4.98 Å². The smallest absolute Gasteiger partial charge is 0.219 e. The van der Waals surface area contributed by atoms with Crippen molar-refractivity contribution < 1.29 is 13.9 Å². The van der Waals surface area contributed by atoms with E-state index >= 15 is 0 Å². The van der Waals surface area contributed by atoms with Gasteiger partial charge in [0.25, 0.3) is 0 Å². The first-order chi connectivity index (χ1) is 5.26. The van der Waals surface area contributed by atoms with E-state index < -0.39 is 5.82 Å². The van der Waals surface area contributed by atoms with Crippen LogP contribution in [0, 0.1) is 5.82 Å². The summed E-state index contributed by atoms with van der Waals surface area (Å²) in [5.41, 5.74) is 0. The topological polar surface area (TPSA) is 31.4 Å². The Balaban J connectivity index is 3.02. The molecule has 0 bridgehead atoms. The zero-order valence-corrected chi connectivity index (χ0v) is 6.30. The third-order valence-corrected chi connectivity index (χ3v) is 1.16. The average Bonchev–Trinajstić information content (AvgIpc) is 2.03. The molecule has 0 N–H and O–H groups in total. The molecule has 0 saturated carbocycles. The summed E-state index contributed by atoms with van der Waals surface area (Å²) in [6.45, 7) is 0. The van der Waals surface area contributed by atoms with Crippen LogP contribution >= 0.6 is 0 Å². The van der Waals surface area contributed by atoms with Gasteiger partial charge in [0.2, 0.25) is 11.8 Å². The van der Waals surface area contributed by atoms with Gasteiger partial charge in [-0.15, -0.1) is 0 Å². The van der Waals surface area contributed by atoms with E-state index in [4.69, 9.17) is 9.47 Å². The van der Waals surface area contributed by atoms with Gasteiger partial charge in [-0.3, -0.25) is 0 Å². The van der Waals surface area contributed by atoms with Gasteiger partial charge in [0.05, 0.1) is 14.2 Å². The first-order valence-electron chi connectivity index (χ1n) is 3.02. The van der Waals surface area contributed by atoms with Gasteiger partial charge < -0.3 is 9.47 Å². The molecule has 0 aliphatic rings. The summed E-state index contributed by atoms with van der Waals surface area (Å²) in [4.78, 5) is 3.79. The molecule has 3 nitrogen and oxygen atoms in total. The van der Waals surface area contributed by atoms with Gasteiger partial charge in [0, 0.05) is 12.1 Å². The van der Waals surface area contributed by atoms with Crippen molar-refractivity contribution in [3.8, 4) is 11.8 Å². The van der Waals surface area contributed by atoms with Gasteiger partial charge in [-0.25, -0.2) is 4.39 Å². The number of rotatable bonds is 2. The van der Waals surface area contributed by atoms with Crippen LogP contribution in [0.1, 0.15) is 0 Å². The maximum absolute atomic E-state index is 12.6. The normalized spacial score (nSPS) is 9.36. The fourth-order valence-electron chi connectivity index (χ4n) is 0.660. The minimum absolute atomic E-state index is 0.210. The van der Waals surface area contributed by atoms with E-state index in [1.54, 1.807) is 0 Å². The van der Waals surface area contributed by atoms with E-state index in [0.717, 1.165) is 0 Å². The Bertz CT molecular complexity index is 230. The summed E-state index contributed by atoms with van der Waals surface area (Å²) in [7, 11) is 2.84. The molecule has 0 atom stereocenters. The SMILES string of the molecule is COc1cc(F)cc(OC)n1. The molecule has 0 aromatic carbocycles. The molecule has 0 aliphatic heterocycles. The van der Waals surface area contributed by atoms with Crippen molar-refractivity contribution in [2.75, 3.05) is 14.2 Å². The van der Waals surface area contributed by atoms with Crippen molar-refractivity contribution in [2.24, 2.45) is 0 Å². The molecule has 0 spiro atoms. The molecule has 0 saturated heterocycles. The number of hydrogen-bond acceptors (Lipinski definition) is 3. The zero-order valence-electron chi connectivity index (χ0n) is 6.30. The van der Waals surface area contributed by atoms with Gasteiger partial charge >= 0.3 is 0 Å². The van der Waals surface area contributed by atoms with Crippen LogP contribution in [-0.2, 0) is 0 Å². The second-order valence-electron chi connectivity index (χ2n) is 1.87. The number of methoxy groups -OCH3 is 2. The first-order valence-corrected chi connectivity index (χ1v) is 3.02. The predicted molar refractivity (Wildman–Crippen MR) is 37.3 cm³/mol. The van der Waals surface area contributed by atoms with E-state index in [1.165, 1.54) is 26.4 Å². The molecule has 60 valence electrons. The van der Waals surface area contributed by atoms with Crippen LogP contribution < -0.4 is 9.47 Å². The first kappa shape index (κ1) is 7.78. The molecule has 0 unspecified atom stereocenters. The van der Waals surface area contributed by atoms with Gasteiger partial charge in [0.15, 0.2) is 0 Å². The Kier molecular flexibility index (Phi) is 2.25. The molecule has 0 aliphatic carbocycles. The van der Waals surface area contributed by atoms with Crippen molar-refractivity contribution in [2.45, 2.75) is 0 Å². The van der Waals surface area contributed by atoms with Crippen molar-refractivity contribution >= 4 is 0 Å². The van der Waals surface area contributed by atoms with Crippen molar-refractivity contribution in [3.05, 3.63) is 17.9 Å². The summed E-state index contributed by atoms with van der Waals surface area (Å²) < 4.78 is 22.0. The molecule has 0 fully saturated rings.